The van der Waals surface area contributed by atoms with E-state index in [4.69, 9.17) is 0 Å². The summed E-state index contributed by atoms with van der Waals surface area (Å²) in [6, 6.07) is 8.75. The van der Waals surface area contributed by atoms with Crippen LogP contribution in [0.3, 0.4) is 0 Å². The van der Waals surface area contributed by atoms with Crippen LogP contribution in [0, 0.1) is 11.3 Å². The average Bonchev–Trinajstić information content (AvgIpc) is 2.90. The minimum atomic E-state index is -0.270. The molecule has 3 rings (SSSR count). The van der Waals surface area contributed by atoms with Crippen molar-refractivity contribution in [1.29, 1.82) is 5.26 Å². The number of nitriles is 1. The fourth-order valence-corrected chi connectivity index (χ4v) is 4.04. The number of carbonyl (C=O) groups is 2. The Morgan fingerprint density at radius 3 is 2.54 bits per heavy atom. The Kier molecular flexibility index (Phi) is 4.47. The maximum Gasteiger partial charge on any atom is 0.256 e. The average molecular weight is 339 g/mol. The normalized spacial score (nSPS) is 13.9. The quantitative estimate of drug-likeness (QED) is 0.872. The second kappa shape index (κ2) is 6.56. The van der Waals surface area contributed by atoms with E-state index in [1.807, 2.05) is 7.05 Å². The number of nitrogens with zero attached hydrogens (tertiary/aromatic N) is 2. The Balaban J connectivity index is 1.84. The third-order valence-corrected chi connectivity index (χ3v) is 5.27. The summed E-state index contributed by atoms with van der Waals surface area (Å²) in [5.41, 5.74) is 2.67. The fourth-order valence-electron chi connectivity index (χ4n) is 2.77. The van der Waals surface area contributed by atoms with Crippen molar-refractivity contribution >= 4 is 28.0 Å². The number of anilines is 1. The van der Waals surface area contributed by atoms with Crippen LogP contribution in [0.25, 0.3) is 0 Å². The molecule has 0 saturated heterocycles. The number of amides is 1. The first-order valence-electron chi connectivity index (χ1n) is 7.65. The van der Waals surface area contributed by atoms with Gasteiger partial charge in [0.15, 0.2) is 5.78 Å². The van der Waals surface area contributed by atoms with Gasteiger partial charge in [0.05, 0.1) is 5.56 Å². The molecule has 1 aliphatic heterocycles. The number of Topliss-reactive ketones (excluding diaryl/α,β-unsaturated/α-hetero) is 1. The van der Waals surface area contributed by atoms with Gasteiger partial charge in [-0.15, -0.1) is 11.3 Å². The van der Waals surface area contributed by atoms with Crippen LogP contribution < -0.4 is 5.32 Å². The molecule has 1 N–H and O–H groups in total. The molecule has 122 valence electrons. The highest BCUT2D eigenvalue weighted by atomic mass is 32.1. The molecule has 2 aromatic rings. The molecule has 0 fully saturated rings. The predicted octanol–water partition coefficient (Wildman–Crippen LogP) is 3.06. The Hall–Kier alpha value is -2.49. The molecule has 0 saturated carbocycles. The zero-order valence-electron chi connectivity index (χ0n) is 13.5. The topological polar surface area (TPSA) is 73.2 Å². The highest BCUT2D eigenvalue weighted by Crippen LogP contribution is 2.36. The monoisotopic (exact) mass is 339 g/mol. The number of hydrogen-bond donors (Lipinski definition) is 1. The number of thiophene rings is 1. The van der Waals surface area contributed by atoms with Gasteiger partial charge in [-0.05, 0) is 38.1 Å². The van der Waals surface area contributed by atoms with Crippen molar-refractivity contribution in [1.82, 2.24) is 4.90 Å². The number of ketones is 1. The molecule has 0 atom stereocenters. The van der Waals surface area contributed by atoms with E-state index in [0.717, 1.165) is 30.0 Å². The van der Waals surface area contributed by atoms with Gasteiger partial charge in [-0.1, -0.05) is 12.1 Å². The lowest BCUT2D eigenvalue weighted by molar-refractivity contribution is 0.101. The van der Waals surface area contributed by atoms with Crippen molar-refractivity contribution in [3.05, 3.63) is 51.4 Å². The summed E-state index contributed by atoms with van der Waals surface area (Å²) >= 11 is 1.47. The highest BCUT2D eigenvalue weighted by molar-refractivity contribution is 7.16. The van der Waals surface area contributed by atoms with E-state index in [-0.39, 0.29) is 11.7 Å². The number of rotatable bonds is 3. The predicted molar refractivity (Wildman–Crippen MR) is 93.5 cm³/mol. The van der Waals surface area contributed by atoms with Gasteiger partial charge in [0.2, 0.25) is 0 Å². The maximum atomic E-state index is 12.4. The van der Waals surface area contributed by atoms with E-state index < -0.39 is 0 Å². The summed E-state index contributed by atoms with van der Waals surface area (Å²) in [6.07, 6.45) is 0.828. The standard InChI is InChI=1S/C18H17N3O2S/c1-11(22)12-3-5-13(6-4-12)17(23)20-18-15(9-19)14-7-8-21(2)10-16(14)24-18/h3-6H,7-8,10H2,1-2H3,(H,20,23). The summed E-state index contributed by atoms with van der Waals surface area (Å²) in [5, 5.41) is 12.9. The minimum absolute atomic E-state index is 0.0382. The summed E-state index contributed by atoms with van der Waals surface area (Å²) in [6.45, 7) is 3.21. The second-order valence-corrected chi connectivity index (χ2v) is 7.00. The maximum absolute atomic E-state index is 12.4. The lowest BCUT2D eigenvalue weighted by Crippen LogP contribution is -2.25. The van der Waals surface area contributed by atoms with E-state index in [2.05, 4.69) is 16.3 Å². The van der Waals surface area contributed by atoms with E-state index in [1.54, 1.807) is 24.3 Å². The number of fused-ring (bicyclic) bond motifs is 1. The van der Waals surface area contributed by atoms with Gasteiger partial charge in [0, 0.05) is 29.1 Å². The fraction of sp³-hybridized carbons (Fsp3) is 0.278. The van der Waals surface area contributed by atoms with Crippen molar-refractivity contribution < 1.29 is 9.59 Å². The number of carbonyl (C=O) groups excluding carboxylic acids is 2. The van der Waals surface area contributed by atoms with E-state index >= 15 is 0 Å². The van der Waals surface area contributed by atoms with Gasteiger partial charge in [0.25, 0.3) is 5.91 Å². The zero-order chi connectivity index (χ0) is 17.3. The van der Waals surface area contributed by atoms with Crippen LogP contribution >= 0.6 is 11.3 Å². The molecule has 5 nitrogen and oxygen atoms in total. The Labute approximate surface area is 144 Å². The van der Waals surface area contributed by atoms with Gasteiger partial charge in [-0.25, -0.2) is 0 Å². The Morgan fingerprint density at radius 1 is 1.25 bits per heavy atom. The summed E-state index contributed by atoms with van der Waals surface area (Å²) in [4.78, 5) is 27.1. The van der Waals surface area contributed by atoms with Crippen LogP contribution in [-0.2, 0) is 13.0 Å². The molecule has 1 aliphatic rings. The molecule has 6 heteroatoms. The molecule has 1 aromatic heterocycles. The van der Waals surface area contributed by atoms with E-state index in [9.17, 15) is 14.9 Å². The van der Waals surface area contributed by atoms with Gasteiger partial charge in [0.1, 0.15) is 11.1 Å². The molecule has 1 aromatic carbocycles. The van der Waals surface area contributed by atoms with E-state index in [0.29, 0.717) is 21.7 Å². The van der Waals surface area contributed by atoms with Crippen molar-refractivity contribution in [2.24, 2.45) is 0 Å². The number of hydrogen-bond acceptors (Lipinski definition) is 5. The SMILES string of the molecule is CC(=O)c1ccc(C(=O)Nc2sc3c(c2C#N)CCN(C)C3)cc1. The number of benzene rings is 1. The van der Waals surface area contributed by atoms with Crippen LogP contribution in [0.1, 0.15) is 43.6 Å². The molecule has 0 radical (unpaired) electrons. The van der Waals surface area contributed by atoms with Gasteiger partial charge in [-0.2, -0.15) is 5.26 Å². The minimum Gasteiger partial charge on any atom is -0.312 e. The first kappa shape index (κ1) is 16.4. The summed E-state index contributed by atoms with van der Waals surface area (Å²) < 4.78 is 0. The third-order valence-electron chi connectivity index (χ3n) is 4.14. The van der Waals surface area contributed by atoms with Crippen LogP contribution in [0.5, 0.6) is 0 Å². The first-order chi connectivity index (χ1) is 11.5. The number of likely N-dealkylation sites (N-methyl/N-ethyl adjacent to an activating group) is 1. The van der Waals surface area contributed by atoms with Crippen LogP contribution in [0.4, 0.5) is 5.00 Å². The van der Waals surface area contributed by atoms with Crippen LogP contribution in [0.15, 0.2) is 24.3 Å². The molecule has 1 amide bonds. The Morgan fingerprint density at radius 2 is 1.92 bits per heavy atom. The van der Waals surface area contributed by atoms with Crippen LogP contribution in [0.2, 0.25) is 0 Å². The van der Waals surface area contributed by atoms with Gasteiger partial charge >= 0.3 is 0 Å². The molecule has 0 aliphatic carbocycles. The van der Waals surface area contributed by atoms with Crippen molar-refractivity contribution in [2.45, 2.75) is 19.9 Å². The summed E-state index contributed by atoms with van der Waals surface area (Å²) in [5.74, 6) is -0.308. The molecule has 2 heterocycles. The Bertz CT molecular complexity index is 846. The zero-order valence-corrected chi connectivity index (χ0v) is 14.4. The molecular weight excluding hydrogens is 322 g/mol. The lowest BCUT2D eigenvalue weighted by atomic mass is 10.0. The van der Waals surface area contributed by atoms with Crippen molar-refractivity contribution in [3.8, 4) is 6.07 Å². The second-order valence-electron chi connectivity index (χ2n) is 5.90. The van der Waals surface area contributed by atoms with Gasteiger partial charge < -0.3 is 10.2 Å². The highest BCUT2D eigenvalue weighted by Gasteiger charge is 2.24. The molecular formula is C18H17N3O2S. The number of nitrogens with one attached hydrogen (secondary N) is 1. The largest absolute Gasteiger partial charge is 0.312 e. The third kappa shape index (κ3) is 3.09. The molecule has 0 unspecified atom stereocenters. The van der Waals surface area contributed by atoms with Gasteiger partial charge in [-0.3, -0.25) is 9.59 Å². The first-order valence-corrected chi connectivity index (χ1v) is 8.46. The van der Waals surface area contributed by atoms with Crippen molar-refractivity contribution in [3.63, 3.8) is 0 Å². The molecule has 24 heavy (non-hydrogen) atoms. The molecule has 0 spiro atoms. The smallest absolute Gasteiger partial charge is 0.256 e. The lowest BCUT2D eigenvalue weighted by Gasteiger charge is -2.21. The summed E-state index contributed by atoms with van der Waals surface area (Å²) in [7, 11) is 2.05. The van der Waals surface area contributed by atoms with Crippen LogP contribution in [-0.4, -0.2) is 30.2 Å². The molecule has 0 bridgehead atoms. The van der Waals surface area contributed by atoms with E-state index in [1.165, 1.54) is 18.3 Å². The van der Waals surface area contributed by atoms with Crippen molar-refractivity contribution in [2.75, 3.05) is 18.9 Å².